The molecule has 2 amide bonds. The lowest BCUT2D eigenvalue weighted by molar-refractivity contribution is -0.122. The highest BCUT2D eigenvalue weighted by atomic mass is 16.5. The van der Waals surface area contributed by atoms with Gasteiger partial charge in [0.15, 0.2) is 0 Å². The van der Waals surface area contributed by atoms with E-state index in [9.17, 15) is 9.59 Å². The Bertz CT molecular complexity index is 817. The molecule has 0 aliphatic rings. The number of carbonyl (C=O) groups is 2. The summed E-state index contributed by atoms with van der Waals surface area (Å²) >= 11 is 0. The van der Waals surface area contributed by atoms with Crippen LogP contribution in [0.4, 0.5) is 0 Å². The zero-order chi connectivity index (χ0) is 26.2. The van der Waals surface area contributed by atoms with Crippen molar-refractivity contribution in [1.29, 1.82) is 0 Å². The molecule has 0 unspecified atom stereocenters. The number of hydrogen-bond acceptors (Lipinski definition) is 4. The predicted molar refractivity (Wildman–Crippen MR) is 145 cm³/mol. The number of amides is 2. The molecular weight excluding hydrogens is 452 g/mol. The molecule has 2 aromatic rings. The van der Waals surface area contributed by atoms with Gasteiger partial charge in [-0.2, -0.15) is 0 Å². The fraction of sp³-hybridized carbons (Fsp3) is 0.533. The van der Waals surface area contributed by atoms with E-state index in [-0.39, 0.29) is 24.0 Å². The number of hydrogen-bond donors (Lipinski definition) is 2. The van der Waals surface area contributed by atoms with Gasteiger partial charge in [0.1, 0.15) is 11.5 Å². The Labute approximate surface area is 217 Å². The zero-order valence-corrected chi connectivity index (χ0v) is 22.5. The van der Waals surface area contributed by atoms with Crippen LogP contribution in [-0.4, -0.2) is 24.0 Å². The van der Waals surface area contributed by atoms with Crippen LogP contribution in [0.2, 0.25) is 0 Å². The minimum Gasteiger partial charge on any atom is -0.491 e. The van der Waals surface area contributed by atoms with Gasteiger partial charge in [0.2, 0.25) is 11.8 Å². The van der Waals surface area contributed by atoms with Gasteiger partial charge < -0.3 is 20.1 Å². The van der Waals surface area contributed by atoms with Gasteiger partial charge in [-0.05, 0) is 75.9 Å². The van der Waals surface area contributed by atoms with Gasteiger partial charge in [0.05, 0.1) is 12.2 Å². The molecule has 198 valence electrons. The fourth-order valence-corrected chi connectivity index (χ4v) is 3.77. The normalized spacial score (nSPS) is 10.9. The molecule has 0 radical (unpaired) electrons. The summed E-state index contributed by atoms with van der Waals surface area (Å²) < 4.78 is 11.3. The SMILES string of the molecule is CC(C)Oc1ccc(CNC(=O)CCCCCCCCC(=O)NCc2ccc(OC(C)C)cc2)cc1. The van der Waals surface area contributed by atoms with E-state index < -0.39 is 0 Å². The summed E-state index contributed by atoms with van der Waals surface area (Å²) in [6.07, 6.45) is 7.48. The maximum absolute atomic E-state index is 12.1. The summed E-state index contributed by atoms with van der Waals surface area (Å²) in [5.41, 5.74) is 2.13. The fourth-order valence-electron chi connectivity index (χ4n) is 3.77. The summed E-state index contributed by atoms with van der Waals surface area (Å²) in [5, 5.41) is 5.97. The van der Waals surface area contributed by atoms with Crippen LogP contribution in [0, 0.1) is 0 Å². The van der Waals surface area contributed by atoms with Gasteiger partial charge in [-0.25, -0.2) is 0 Å². The molecule has 36 heavy (non-hydrogen) atoms. The molecule has 0 saturated heterocycles. The lowest BCUT2D eigenvalue weighted by Crippen LogP contribution is -2.22. The highest BCUT2D eigenvalue weighted by Gasteiger charge is 2.05. The molecule has 0 saturated carbocycles. The van der Waals surface area contributed by atoms with E-state index in [4.69, 9.17) is 9.47 Å². The first kappa shape index (κ1) is 29.2. The number of ether oxygens (including phenoxy) is 2. The molecule has 0 bridgehead atoms. The zero-order valence-electron chi connectivity index (χ0n) is 22.5. The number of carbonyl (C=O) groups excluding carboxylic acids is 2. The van der Waals surface area contributed by atoms with Crippen molar-refractivity contribution in [3.8, 4) is 11.5 Å². The summed E-state index contributed by atoms with van der Waals surface area (Å²) in [5.74, 6) is 1.88. The molecule has 0 atom stereocenters. The van der Waals surface area contributed by atoms with E-state index in [1.54, 1.807) is 0 Å². The molecule has 0 fully saturated rings. The van der Waals surface area contributed by atoms with E-state index in [1.807, 2.05) is 76.2 Å². The van der Waals surface area contributed by atoms with Gasteiger partial charge in [-0.15, -0.1) is 0 Å². The number of nitrogens with one attached hydrogen (secondary N) is 2. The van der Waals surface area contributed by atoms with Crippen molar-refractivity contribution in [3.63, 3.8) is 0 Å². The third-order valence-electron chi connectivity index (χ3n) is 5.63. The summed E-state index contributed by atoms with van der Waals surface area (Å²) in [6.45, 7) is 9.09. The number of unbranched alkanes of at least 4 members (excludes halogenated alkanes) is 5. The molecule has 0 spiro atoms. The molecule has 6 nitrogen and oxygen atoms in total. The first-order chi connectivity index (χ1) is 17.3. The second-order valence-corrected chi connectivity index (χ2v) is 9.80. The Balaban J connectivity index is 1.44. The van der Waals surface area contributed by atoms with Crippen molar-refractivity contribution in [3.05, 3.63) is 59.7 Å². The second kappa shape index (κ2) is 16.6. The smallest absolute Gasteiger partial charge is 0.220 e. The Morgan fingerprint density at radius 3 is 1.25 bits per heavy atom. The minimum atomic E-state index is 0.0938. The van der Waals surface area contributed by atoms with Crippen molar-refractivity contribution in [1.82, 2.24) is 10.6 Å². The molecule has 0 aromatic heterocycles. The molecule has 0 aliphatic carbocycles. The average Bonchev–Trinajstić information content (AvgIpc) is 2.84. The van der Waals surface area contributed by atoms with Crippen LogP contribution in [0.25, 0.3) is 0 Å². The van der Waals surface area contributed by atoms with Crippen LogP contribution < -0.4 is 20.1 Å². The maximum Gasteiger partial charge on any atom is 0.220 e. The summed E-state index contributed by atoms with van der Waals surface area (Å²) in [6, 6.07) is 15.7. The predicted octanol–water partition coefficient (Wildman–Crippen LogP) is 6.31. The van der Waals surface area contributed by atoms with E-state index in [2.05, 4.69) is 10.6 Å². The largest absolute Gasteiger partial charge is 0.491 e. The van der Waals surface area contributed by atoms with Gasteiger partial charge in [0, 0.05) is 25.9 Å². The summed E-state index contributed by atoms with van der Waals surface area (Å²) in [4.78, 5) is 24.2. The molecule has 0 heterocycles. The van der Waals surface area contributed by atoms with Crippen molar-refractivity contribution in [2.45, 2.75) is 104 Å². The van der Waals surface area contributed by atoms with Crippen molar-refractivity contribution in [2.75, 3.05) is 0 Å². The monoisotopic (exact) mass is 496 g/mol. The van der Waals surface area contributed by atoms with Gasteiger partial charge >= 0.3 is 0 Å². The van der Waals surface area contributed by atoms with Gasteiger partial charge in [-0.1, -0.05) is 49.9 Å². The third kappa shape index (κ3) is 13.2. The summed E-state index contributed by atoms with van der Waals surface area (Å²) in [7, 11) is 0. The molecule has 0 aliphatic heterocycles. The van der Waals surface area contributed by atoms with Crippen LogP contribution in [0.15, 0.2) is 48.5 Å². The first-order valence-electron chi connectivity index (χ1n) is 13.4. The molecular formula is C30H44N2O4. The number of benzene rings is 2. The Morgan fingerprint density at radius 1 is 0.583 bits per heavy atom. The van der Waals surface area contributed by atoms with Crippen molar-refractivity contribution >= 4 is 11.8 Å². The van der Waals surface area contributed by atoms with Crippen molar-refractivity contribution < 1.29 is 19.1 Å². The van der Waals surface area contributed by atoms with Crippen LogP contribution >= 0.6 is 0 Å². The van der Waals surface area contributed by atoms with Crippen LogP contribution in [0.3, 0.4) is 0 Å². The minimum absolute atomic E-state index is 0.0938. The van der Waals surface area contributed by atoms with E-state index in [0.29, 0.717) is 25.9 Å². The lowest BCUT2D eigenvalue weighted by Gasteiger charge is -2.10. The Morgan fingerprint density at radius 2 is 0.917 bits per heavy atom. The van der Waals surface area contributed by atoms with Crippen LogP contribution in [0.5, 0.6) is 11.5 Å². The molecule has 2 N–H and O–H groups in total. The van der Waals surface area contributed by atoms with Gasteiger partial charge in [0.25, 0.3) is 0 Å². The average molecular weight is 497 g/mol. The topological polar surface area (TPSA) is 76.7 Å². The van der Waals surface area contributed by atoms with E-state index >= 15 is 0 Å². The quantitative estimate of drug-likeness (QED) is 0.252. The standard InChI is InChI=1S/C30H44N2O4/c1-23(2)35-27-17-13-25(14-18-27)21-31-29(33)11-9-7-5-6-8-10-12-30(34)32-22-26-15-19-28(20-16-26)36-24(3)4/h13-20,23-24H,5-12,21-22H2,1-4H3,(H,31,33)(H,32,34). The maximum atomic E-state index is 12.1. The molecule has 6 heteroatoms. The third-order valence-corrected chi connectivity index (χ3v) is 5.63. The van der Waals surface area contributed by atoms with Crippen molar-refractivity contribution in [2.24, 2.45) is 0 Å². The highest BCUT2D eigenvalue weighted by molar-refractivity contribution is 5.76. The van der Waals surface area contributed by atoms with Gasteiger partial charge in [-0.3, -0.25) is 9.59 Å². The second-order valence-electron chi connectivity index (χ2n) is 9.80. The first-order valence-corrected chi connectivity index (χ1v) is 13.4. The highest BCUT2D eigenvalue weighted by Crippen LogP contribution is 2.15. The van der Waals surface area contributed by atoms with Crippen LogP contribution in [0.1, 0.15) is 90.2 Å². The Kier molecular flexibility index (Phi) is 13.5. The number of rotatable bonds is 17. The Hall–Kier alpha value is -3.02. The lowest BCUT2D eigenvalue weighted by atomic mass is 10.1. The molecule has 2 rings (SSSR count). The van der Waals surface area contributed by atoms with E-state index in [1.165, 1.54) is 0 Å². The molecule has 2 aromatic carbocycles. The van der Waals surface area contributed by atoms with Crippen LogP contribution in [-0.2, 0) is 22.7 Å². The van der Waals surface area contributed by atoms with E-state index in [0.717, 1.165) is 61.2 Å².